The highest BCUT2D eigenvalue weighted by Crippen LogP contribution is 2.27. The zero-order chi connectivity index (χ0) is 21.1. The molecule has 148 valence electrons. The van der Waals surface area contributed by atoms with Crippen LogP contribution >= 0.6 is 0 Å². The molecular formula is C21H18N2O6. The second-order valence-electron chi connectivity index (χ2n) is 6.29. The molecule has 0 aliphatic carbocycles. The number of carboxylic acids is 1. The predicted octanol–water partition coefficient (Wildman–Crippen LogP) is 2.76. The van der Waals surface area contributed by atoms with Gasteiger partial charge in [-0.25, -0.2) is 14.5 Å². The van der Waals surface area contributed by atoms with E-state index in [9.17, 15) is 24.3 Å². The first-order valence-electron chi connectivity index (χ1n) is 8.80. The molecule has 4 amide bonds. The van der Waals surface area contributed by atoms with E-state index in [4.69, 9.17) is 4.74 Å². The summed E-state index contributed by atoms with van der Waals surface area (Å²) in [5, 5.41) is 11.4. The number of carbonyl (C=O) groups is 4. The Morgan fingerprint density at radius 2 is 1.93 bits per heavy atom. The Kier molecular flexibility index (Phi) is 5.45. The molecule has 2 aromatic rings. The third kappa shape index (κ3) is 4.01. The lowest BCUT2D eigenvalue weighted by molar-refractivity contribution is -0.122. The van der Waals surface area contributed by atoms with Crippen LogP contribution in [0.2, 0.25) is 0 Å². The number of hydrogen-bond donors (Lipinski definition) is 2. The third-order valence-corrected chi connectivity index (χ3v) is 4.22. The second-order valence-corrected chi connectivity index (χ2v) is 6.29. The smallest absolute Gasteiger partial charge is 0.335 e. The maximum Gasteiger partial charge on any atom is 0.335 e. The minimum Gasteiger partial charge on any atom is -0.493 e. The molecule has 2 aromatic carbocycles. The minimum atomic E-state index is -1.16. The number of benzene rings is 2. The van der Waals surface area contributed by atoms with E-state index in [0.29, 0.717) is 18.0 Å². The molecule has 1 fully saturated rings. The van der Waals surface area contributed by atoms with E-state index in [-0.39, 0.29) is 16.7 Å². The summed E-state index contributed by atoms with van der Waals surface area (Å²) in [7, 11) is 0. The summed E-state index contributed by atoms with van der Waals surface area (Å²) in [6.07, 6.45) is 1.23. The number of aromatic carboxylic acids is 1. The molecule has 0 radical (unpaired) electrons. The molecule has 29 heavy (non-hydrogen) atoms. The number of nitrogens with one attached hydrogen (secondary N) is 1. The van der Waals surface area contributed by atoms with Crippen molar-refractivity contribution in [3.63, 3.8) is 0 Å². The van der Waals surface area contributed by atoms with Gasteiger partial charge in [0.15, 0.2) is 0 Å². The Labute approximate surface area is 166 Å². The average Bonchev–Trinajstić information content (AvgIpc) is 2.66. The molecule has 1 heterocycles. The van der Waals surface area contributed by atoms with Crippen LogP contribution in [0.15, 0.2) is 48.0 Å². The maximum atomic E-state index is 13.0. The van der Waals surface area contributed by atoms with Crippen molar-refractivity contribution in [2.75, 3.05) is 11.5 Å². The molecule has 0 aromatic heterocycles. The van der Waals surface area contributed by atoms with E-state index in [2.05, 4.69) is 5.32 Å². The Balaban J connectivity index is 2.09. The second kappa shape index (κ2) is 7.97. The van der Waals surface area contributed by atoms with E-state index in [0.717, 1.165) is 10.5 Å². The highest BCUT2D eigenvalue weighted by atomic mass is 16.5. The van der Waals surface area contributed by atoms with Gasteiger partial charge >= 0.3 is 12.0 Å². The van der Waals surface area contributed by atoms with E-state index in [1.54, 1.807) is 25.1 Å². The number of nitrogens with zero attached hydrogens (tertiary/aromatic N) is 1. The first kappa shape index (κ1) is 19.8. The van der Waals surface area contributed by atoms with Crippen molar-refractivity contribution < 1.29 is 29.0 Å². The molecule has 1 aliphatic rings. The Hall–Kier alpha value is -3.94. The highest BCUT2D eigenvalue weighted by Gasteiger charge is 2.37. The summed E-state index contributed by atoms with van der Waals surface area (Å²) in [6, 6.07) is 9.98. The van der Waals surface area contributed by atoms with Gasteiger partial charge in [0, 0.05) is 5.56 Å². The molecule has 1 aliphatic heterocycles. The van der Waals surface area contributed by atoms with Gasteiger partial charge in [-0.2, -0.15) is 0 Å². The van der Waals surface area contributed by atoms with Gasteiger partial charge in [-0.1, -0.05) is 12.1 Å². The number of amides is 4. The van der Waals surface area contributed by atoms with Crippen molar-refractivity contribution in [3.8, 4) is 5.75 Å². The van der Waals surface area contributed by atoms with Crippen LogP contribution in [0.25, 0.3) is 6.08 Å². The number of carbonyl (C=O) groups excluding carboxylic acids is 3. The summed E-state index contributed by atoms with van der Waals surface area (Å²) in [6.45, 7) is 3.86. The SMILES string of the molecule is CCOc1ccc(C(=O)O)cc1/C=C1\C(=O)NC(=O)N(c2cccc(C)c2)C1=O. The predicted molar refractivity (Wildman–Crippen MR) is 105 cm³/mol. The standard InChI is InChI=1S/C21H18N2O6/c1-3-29-17-8-7-13(20(26)27)10-14(17)11-16-18(24)22-21(28)23(19(16)25)15-6-4-5-12(2)9-15/h4-11H,3H2,1-2H3,(H,26,27)(H,22,24,28)/b16-11+. The minimum absolute atomic E-state index is 0.0319. The highest BCUT2D eigenvalue weighted by molar-refractivity contribution is 6.39. The lowest BCUT2D eigenvalue weighted by Gasteiger charge is -2.26. The zero-order valence-electron chi connectivity index (χ0n) is 15.8. The van der Waals surface area contributed by atoms with Gasteiger partial charge in [0.05, 0.1) is 17.9 Å². The number of rotatable bonds is 5. The molecule has 1 saturated heterocycles. The van der Waals surface area contributed by atoms with Gasteiger partial charge in [0.2, 0.25) is 0 Å². The average molecular weight is 394 g/mol. The monoisotopic (exact) mass is 394 g/mol. The molecule has 0 saturated carbocycles. The topological polar surface area (TPSA) is 113 Å². The van der Waals surface area contributed by atoms with E-state index in [1.165, 1.54) is 24.3 Å². The number of anilines is 1. The van der Waals surface area contributed by atoms with Gasteiger partial charge in [-0.3, -0.25) is 14.9 Å². The molecule has 3 rings (SSSR count). The summed E-state index contributed by atoms with van der Waals surface area (Å²) >= 11 is 0. The van der Waals surface area contributed by atoms with Crippen LogP contribution in [-0.2, 0) is 9.59 Å². The zero-order valence-corrected chi connectivity index (χ0v) is 15.8. The van der Waals surface area contributed by atoms with E-state index >= 15 is 0 Å². The quantitative estimate of drug-likeness (QED) is 0.596. The van der Waals surface area contributed by atoms with Gasteiger partial charge in [0.25, 0.3) is 11.8 Å². The lowest BCUT2D eigenvalue weighted by atomic mass is 10.0. The first-order valence-corrected chi connectivity index (χ1v) is 8.80. The van der Waals surface area contributed by atoms with Gasteiger partial charge in [-0.15, -0.1) is 0 Å². The van der Waals surface area contributed by atoms with Crippen molar-refractivity contribution >= 4 is 35.6 Å². The number of urea groups is 1. The Morgan fingerprint density at radius 1 is 1.17 bits per heavy atom. The summed E-state index contributed by atoms with van der Waals surface area (Å²) < 4.78 is 5.47. The normalized spacial score (nSPS) is 15.4. The van der Waals surface area contributed by atoms with Crippen LogP contribution < -0.4 is 15.0 Å². The van der Waals surface area contributed by atoms with E-state index < -0.39 is 23.8 Å². The van der Waals surface area contributed by atoms with Gasteiger partial charge in [-0.05, 0) is 55.8 Å². The molecule has 0 unspecified atom stereocenters. The molecule has 0 atom stereocenters. The van der Waals surface area contributed by atoms with Gasteiger partial charge < -0.3 is 9.84 Å². The number of imide groups is 2. The molecule has 8 heteroatoms. The van der Waals surface area contributed by atoms with E-state index in [1.807, 2.05) is 13.0 Å². The number of barbiturate groups is 1. The van der Waals surface area contributed by atoms with Crippen LogP contribution in [0.5, 0.6) is 5.75 Å². The summed E-state index contributed by atoms with van der Waals surface area (Å²) in [5.41, 5.74) is 1.04. The fourth-order valence-electron chi connectivity index (χ4n) is 2.90. The Morgan fingerprint density at radius 3 is 2.59 bits per heavy atom. The van der Waals surface area contributed by atoms with Crippen molar-refractivity contribution in [1.29, 1.82) is 0 Å². The molecule has 0 spiro atoms. The van der Waals surface area contributed by atoms with Gasteiger partial charge in [0.1, 0.15) is 11.3 Å². The van der Waals surface area contributed by atoms with Crippen LogP contribution in [0, 0.1) is 6.92 Å². The molecule has 2 N–H and O–H groups in total. The maximum absolute atomic E-state index is 13.0. The molecule has 8 nitrogen and oxygen atoms in total. The number of aryl methyl sites for hydroxylation is 1. The van der Waals surface area contributed by atoms with Crippen LogP contribution in [0.4, 0.5) is 10.5 Å². The fraction of sp³-hybridized carbons (Fsp3) is 0.143. The summed E-state index contributed by atoms with van der Waals surface area (Å²) in [5.74, 6) is -2.53. The first-order chi connectivity index (χ1) is 13.8. The molecular weight excluding hydrogens is 376 g/mol. The fourth-order valence-corrected chi connectivity index (χ4v) is 2.90. The van der Waals surface area contributed by atoms with Crippen LogP contribution in [0.1, 0.15) is 28.4 Å². The van der Waals surface area contributed by atoms with Crippen molar-refractivity contribution in [2.24, 2.45) is 0 Å². The molecule has 0 bridgehead atoms. The van der Waals surface area contributed by atoms with Crippen molar-refractivity contribution in [3.05, 3.63) is 64.7 Å². The lowest BCUT2D eigenvalue weighted by Crippen LogP contribution is -2.54. The number of hydrogen-bond acceptors (Lipinski definition) is 5. The van der Waals surface area contributed by atoms with Crippen LogP contribution in [0.3, 0.4) is 0 Å². The number of ether oxygens (including phenoxy) is 1. The van der Waals surface area contributed by atoms with Crippen molar-refractivity contribution in [2.45, 2.75) is 13.8 Å². The van der Waals surface area contributed by atoms with Crippen LogP contribution in [-0.4, -0.2) is 35.5 Å². The largest absolute Gasteiger partial charge is 0.493 e. The third-order valence-electron chi connectivity index (χ3n) is 4.22. The Bertz CT molecular complexity index is 1060. The summed E-state index contributed by atoms with van der Waals surface area (Å²) in [4.78, 5) is 49.8. The van der Waals surface area contributed by atoms with Crippen molar-refractivity contribution in [1.82, 2.24) is 5.32 Å². The number of carboxylic acid groups (broad SMARTS) is 1.